The predicted octanol–water partition coefficient (Wildman–Crippen LogP) is 3.46. The molecule has 0 aromatic rings. The number of ether oxygens (including phenoxy) is 3. The Labute approximate surface area is 214 Å². The third-order valence-electron chi connectivity index (χ3n) is 7.04. The van der Waals surface area contributed by atoms with E-state index in [4.69, 9.17) is 14.2 Å². The molecule has 1 saturated heterocycles. The zero-order valence-corrected chi connectivity index (χ0v) is 22.3. The number of piperidine rings is 1. The number of hydrogen-bond acceptors (Lipinski definition) is 8. The minimum absolute atomic E-state index is 0.0473. The quantitative estimate of drug-likeness (QED) is 0.199. The van der Waals surface area contributed by atoms with E-state index in [1.54, 1.807) is 13.8 Å². The Kier molecular flexibility index (Phi) is 12.5. The van der Waals surface area contributed by atoms with Crippen LogP contribution in [0.1, 0.15) is 85.5 Å². The molecule has 1 saturated carbocycles. The number of nitrogens with zero attached hydrogens (tertiary/aromatic N) is 1. The number of ketones is 1. The van der Waals surface area contributed by atoms with Gasteiger partial charge in [0.15, 0.2) is 0 Å². The Morgan fingerprint density at radius 3 is 2.08 bits per heavy atom. The maximum atomic E-state index is 13.0. The van der Waals surface area contributed by atoms with Gasteiger partial charge in [0.1, 0.15) is 5.78 Å². The van der Waals surface area contributed by atoms with Crippen molar-refractivity contribution < 1.29 is 38.2 Å². The number of imide groups is 1. The molecule has 1 aliphatic heterocycles. The van der Waals surface area contributed by atoms with Gasteiger partial charge in [0.2, 0.25) is 11.8 Å². The number of carbonyl (C=O) groups is 5. The number of hydrogen-bond donors (Lipinski definition) is 0. The first-order chi connectivity index (χ1) is 17.2. The fraction of sp³-hybridized carbons (Fsp3) is 0.815. The molecule has 0 bridgehead atoms. The summed E-state index contributed by atoms with van der Waals surface area (Å²) in [6.07, 6.45) is 3.31. The van der Waals surface area contributed by atoms with Gasteiger partial charge in [-0.25, -0.2) is 0 Å². The van der Waals surface area contributed by atoms with Crippen LogP contribution in [0.25, 0.3) is 0 Å². The average Bonchev–Trinajstić information content (AvgIpc) is 2.80. The summed E-state index contributed by atoms with van der Waals surface area (Å²) < 4.78 is 16.0. The third kappa shape index (κ3) is 9.30. The van der Waals surface area contributed by atoms with Gasteiger partial charge in [0.25, 0.3) is 0 Å². The van der Waals surface area contributed by atoms with Crippen molar-refractivity contribution in [3.05, 3.63) is 0 Å². The van der Waals surface area contributed by atoms with Crippen LogP contribution in [0.4, 0.5) is 0 Å². The molecular formula is C27H43NO8. The second-order valence-corrected chi connectivity index (χ2v) is 10.2. The Balaban J connectivity index is 1.98. The van der Waals surface area contributed by atoms with Crippen molar-refractivity contribution in [3.8, 4) is 0 Å². The highest BCUT2D eigenvalue weighted by Gasteiger charge is 2.40. The largest absolute Gasteiger partial charge is 0.466 e. The first kappa shape index (κ1) is 29.9. The molecule has 36 heavy (non-hydrogen) atoms. The Morgan fingerprint density at radius 2 is 1.50 bits per heavy atom. The maximum absolute atomic E-state index is 13.0. The predicted molar refractivity (Wildman–Crippen MR) is 132 cm³/mol. The van der Waals surface area contributed by atoms with Gasteiger partial charge in [0, 0.05) is 50.7 Å². The van der Waals surface area contributed by atoms with Crippen molar-refractivity contribution in [2.75, 3.05) is 26.4 Å². The van der Waals surface area contributed by atoms with Crippen molar-refractivity contribution in [2.24, 2.45) is 23.7 Å². The Morgan fingerprint density at radius 1 is 0.917 bits per heavy atom. The van der Waals surface area contributed by atoms with E-state index in [-0.39, 0.29) is 79.5 Å². The number of carbonyl (C=O) groups excluding carboxylic acids is 5. The number of likely N-dealkylation sites (tertiary alicyclic amines) is 1. The van der Waals surface area contributed by atoms with Gasteiger partial charge in [-0.3, -0.25) is 28.9 Å². The van der Waals surface area contributed by atoms with E-state index in [0.717, 1.165) is 12.8 Å². The Hall–Kier alpha value is -2.29. The summed E-state index contributed by atoms with van der Waals surface area (Å²) in [7, 11) is 0. The summed E-state index contributed by atoms with van der Waals surface area (Å²) in [6, 6.07) is 0. The molecule has 9 nitrogen and oxygen atoms in total. The van der Waals surface area contributed by atoms with E-state index in [1.165, 1.54) is 4.90 Å². The lowest BCUT2D eigenvalue weighted by Gasteiger charge is -2.38. The van der Waals surface area contributed by atoms with Gasteiger partial charge in [-0.1, -0.05) is 13.8 Å². The summed E-state index contributed by atoms with van der Waals surface area (Å²) in [6.45, 7) is 8.72. The van der Waals surface area contributed by atoms with Gasteiger partial charge in [-0.05, 0) is 57.8 Å². The Bertz CT molecular complexity index is 764. The van der Waals surface area contributed by atoms with Crippen LogP contribution in [0.3, 0.4) is 0 Å². The molecule has 9 heteroatoms. The van der Waals surface area contributed by atoms with Crippen LogP contribution < -0.4 is 0 Å². The first-order valence-electron chi connectivity index (χ1n) is 13.5. The van der Waals surface area contributed by atoms with Crippen molar-refractivity contribution in [3.63, 3.8) is 0 Å². The molecule has 1 heterocycles. The van der Waals surface area contributed by atoms with E-state index in [9.17, 15) is 24.0 Å². The smallest absolute Gasteiger partial charge is 0.305 e. The topological polar surface area (TPSA) is 116 Å². The normalized spacial score (nSPS) is 24.1. The lowest BCUT2D eigenvalue weighted by molar-refractivity contribution is -0.153. The summed E-state index contributed by atoms with van der Waals surface area (Å²) >= 11 is 0. The van der Waals surface area contributed by atoms with Crippen LogP contribution in [0.5, 0.6) is 0 Å². The zero-order valence-electron chi connectivity index (χ0n) is 22.3. The summed E-state index contributed by atoms with van der Waals surface area (Å²) in [5.74, 6) is -1.09. The molecular weight excluding hydrogens is 466 g/mol. The molecule has 0 radical (unpaired) electrons. The van der Waals surface area contributed by atoms with Gasteiger partial charge >= 0.3 is 11.9 Å². The fourth-order valence-electron chi connectivity index (χ4n) is 5.38. The van der Waals surface area contributed by atoms with E-state index in [0.29, 0.717) is 45.0 Å². The zero-order chi connectivity index (χ0) is 26.7. The molecule has 4 atom stereocenters. The van der Waals surface area contributed by atoms with Gasteiger partial charge < -0.3 is 14.2 Å². The summed E-state index contributed by atoms with van der Waals surface area (Å²) in [5, 5.41) is 0. The van der Waals surface area contributed by atoms with E-state index in [2.05, 4.69) is 6.92 Å². The number of rotatable bonds is 14. The highest BCUT2D eigenvalue weighted by molar-refractivity contribution is 5.98. The number of amides is 2. The minimum atomic E-state index is -0.397. The molecule has 0 spiro atoms. The first-order valence-corrected chi connectivity index (χ1v) is 13.5. The molecule has 0 N–H and O–H groups in total. The summed E-state index contributed by atoms with van der Waals surface area (Å²) in [5.41, 5.74) is 0. The third-order valence-corrected chi connectivity index (χ3v) is 7.04. The van der Waals surface area contributed by atoms with E-state index >= 15 is 0 Å². The molecule has 0 aromatic heterocycles. The molecule has 1 aliphatic carbocycles. The second-order valence-electron chi connectivity index (χ2n) is 10.2. The molecule has 204 valence electrons. The van der Waals surface area contributed by atoms with Gasteiger partial charge in [0.05, 0.1) is 19.3 Å². The van der Waals surface area contributed by atoms with Crippen LogP contribution >= 0.6 is 0 Å². The SMILES string of the molecule is CCOC(=O)CCCO[C@H](CC1CC(=O)N(CCCC(=O)OCC)C(=O)C1)C1C[C@@H](C)CC(C)C1=O. The highest BCUT2D eigenvalue weighted by Crippen LogP contribution is 2.37. The number of esters is 2. The standard InChI is InChI=1S/C27H43NO8/c1-5-34-25(31)9-7-11-28-23(29)16-20(17-24(28)30)15-22(36-12-8-10-26(32)35-6-2)21-14-18(3)13-19(4)27(21)33/h18-22H,5-17H2,1-4H3/t18-,19?,21?,22+/m0/s1. The maximum Gasteiger partial charge on any atom is 0.305 e. The van der Waals surface area contributed by atoms with Crippen molar-refractivity contribution in [1.29, 1.82) is 0 Å². The minimum Gasteiger partial charge on any atom is -0.466 e. The monoisotopic (exact) mass is 509 g/mol. The van der Waals surface area contributed by atoms with E-state index < -0.39 is 6.10 Å². The highest BCUT2D eigenvalue weighted by atomic mass is 16.5. The average molecular weight is 510 g/mol. The van der Waals surface area contributed by atoms with Crippen molar-refractivity contribution >= 4 is 29.5 Å². The van der Waals surface area contributed by atoms with Crippen LogP contribution in [0.2, 0.25) is 0 Å². The number of Topliss-reactive ketones (excluding diaryl/α,β-unsaturated/α-hetero) is 1. The summed E-state index contributed by atoms with van der Waals surface area (Å²) in [4.78, 5) is 63.0. The van der Waals surface area contributed by atoms with Crippen LogP contribution in [0, 0.1) is 23.7 Å². The van der Waals surface area contributed by atoms with Crippen LogP contribution in [-0.4, -0.2) is 66.9 Å². The van der Waals surface area contributed by atoms with Crippen molar-refractivity contribution in [1.82, 2.24) is 4.90 Å². The van der Waals surface area contributed by atoms with Gasteiger partial charge in [-0.15, -0.1) is 0 Å². The van der Waals surface area contributed by atoms with Gasteiger partial charge in [-0.2, -0.15) is 0 Å². The molecule has 2 unspecified atom stereocenters. The molecule has 2 fully saturated rings. The second kappa shape index (κ2) is 15.1. The molecule has 0 aromatic carbocycles. The van der Waals surface area contributed by atoms with Crippen molar-refractivity contribution in [2.45, 2.75) is 91.6 Å². The molecule has 2 aliphatic rings. The molecule has 2 amide bonds. The van der Waals surface area contributed by atoms with Crippen LogP contribution in [0.15, 0.2) is 0 Å². The fourth-order valence-corrected chi connectivity index (χ4v) is 5.38. The van der Waals surface area contributed by atoms with E-state index in [1.807, 2.05) is 6.92 Å². The lowest BCUT2D eigenvalue weighted by Crippen LogP contribution is -2.46. The van der Waals surface area contributed by atoms with Crippen LogP contribution in [-0.2, 0) is 38.2 Å². The molecule has 2 rings (SSSR count). The lowest BCUT2D eigenvalue weighted by atomic mass is 9.71.